The van der Waals surface area contributed by atoms with Gasteiger partial charge >= 0.3 is 0 Å². The summed E-state index contributed by atoms with van der Waals surface area (Å²) >= 11 is 1.89. The lowest BCUT2D eigenvalue weighted by Crippen LogP contribution is -2.41. The fraction of sp³-hybridized carbons (Fsp3) is 0.750. The van der Waals surface area contributed by atoms with E-state index in [2.05, 4.69) is 42.8 Å². The lowest BCUT2D eigenvalue weighted by atomic mass is 10.0. The molecular formula is C16H29N3S. The van der Waals surface area contributed by atoms with Crippen LogP contribution in [0.3, 0.4) is 0 Å². The first-order chi connectivity index (χ1) is 9.61. The lowest BCUT2D eigenvalue weighted by molar-refractivity contribution is 0.184. The maximum atomic E-state index is 6.39. The van der Waals surface area contributed by atoms with Gasteiger partial charge in [0, 0.05) is 28.9 Å². The summed E-state index contributed by atoms with van der Waals surface area (Å²) in [6.07, 6.45) is 3.76. The van der Waals surface area contributed by atoms with E-state index in [0.717, 1.165) is 13.0 Å². The van der Waals surface area contributed by atoms with Gasteiger partial charge in [0.1, 0.15) is 0 Å². The minimum absolute atomic E-state index is 0.219. The predicted octanol–water partition coefficient (Wildman–Crippen LogP) is 2.86. The first kappa shape index (κ1) is 16.0. The molecule has 2 atom stereocenters. The SMILES string of the molecule is CCC(N)C(c1ccc(C)s1)N(C)CCN1CCCC1. The van der Waals surface area contributed by atoms with Crippen molar-refractivity contribution in [3.05, 3.63) is 21.9 Å². The number of hydrogen-bond acceptors (Lipinski definition) is 4. The number of nitrogens with two attached hydrogens (primary N) is 1. The number of likely N-dealkylation sites (N-methyl/N-ethyl adjacent to an activating group) is 1. The summed E-state index contributed by atoms with van der Waals surface area (Å²) in [7, 11) is 2.23. The molecule has 0 bridgehead atoms. The molecule has 0 amide bonds. The molecule has 3 nitrogen and oxygen atoms in total. The van der Waals surface area contributed by atoms with Gasteiger partial charge in [0.2, 0.25) is 0 Å². The Labute approximate surface area is 127 Å². The van der Waals surface area contributed by atoms with Crippen LogP contribution in [0.1, 0.15) is 42.0 Å². The molecule has 1 fully saturated rings. The molecule has 1 aliphatic heterocycles. The zero-order valence-electron chi connectivity index (χ0n) is 13.1. The molecule has 0 aromatic carbocycles. The maximum Gasteiger partial charge on any atom is 0.0591 e. The quantitative estimate of drug-likeness (QED) is 0.839. The minimum Gasteiger partial charge on any atom is -0.326 e. The molecule has 1 saturated heterocycles. The van der Waals surface area contributed by atoms with Crippen LogP contribution in [0.25, 0.3) is 0 Å². The van der Waals surface area contributed by atoms with Crippen molar-refractivity contribution in [1.82, 2.24) is 9.80 Å². The van der Waals surface area contributed by atoms with Crippen LogP contribution in [0.15, 0.2) is 12.1 Å². The van der Waals surface area contributed by atoms with E-state index in [1.165, 1.54) is 42.2 Å². The van der Waals surface area contributed by atoms with Crippen molar-refractivity contribution in [2.75, 3.05) is 33.2 Å². The van der Waals surface area contributed by atoms with E-state index in [-0.39, 0.29) is 6.04 Å². The largest absolute Gasteiger partial charge is 0.326 e. The number of aryl methyl sites for hydroxylation is 1. The van der Waals surface area contributed by atoms with E-state index < -0.39 is 0 Å². The van der Waals surface area contributed by atoms with Crippen LogP contribution in [0.2, 0.25) is 0 Å². The van der Waals surface area contributed by atoms with Gasteiger partial charge in [-0.2, -0.15) is 0 Å². The highest BCUT2D eigenvalue weighted by Gasteiger charge is 2.25. The van der Waals surface area contributed by atoms with E-state index in [1.54, 1.807) is 0 Å². The Morgan fingerprint density at radius 2 is 2.05 bits per heavy atom. The molecule has 2 rings (SSSR count). The van der Waals surface area contributed by atoms with Crippen molar-refractivity contribution < 1.29 is 0 Å². The average Bonchev–Trinajstić information content (AvgIpc) is 3.08. The van der Waals surface area contributed by atoms with Crippen LogP contribution >= 0.6 is 11.3 Å². The van der Waals surface area contributed by atoms with E-state index >= 15 is 0 Å². The zero-order chi connectivity index (χ0) is 14.5. The smallest absolute Gasteiger partial charge is 0.0591 e. The van der Waals surface area contributed by atoms with E-state index in [1.807, 2.05) is 11.3 Å². The molecule has 0 saturated carbocycles. The monoisotopic (exact) mass is 295 g/mol. The minimum atomic E-state index is 0.219. The highest BCUT2D eigenvalue weighted by molar-refractivity contribution is 7.12. The highest BCUT2D eigenvalue weighted by Crippen LogP contribution is 2.29. The number of nitrogens with zero attached hydrogens (tertiary/aromatic N) is 2. The molecule has 2 heterocycles. The normalized spacial score (nSPS) is 19.6. The predicted molar refractivity (Wildman–Crippen MR) is 88.4 cm³/mol. The van der Waals surface area contributed by atoms with Crippen LogP contribution in [0.4, 0.5) is 0 Å². The molecule has 1 aromatic heterocycles. The van der Waals surface area contributed by atoms with Gasteiger partial charge in [-0.3, -0.25) is 4.90 Å². The molecule has 114 valence electrons. The van der Waals surface area contributed by atoms with Crippen LogP contribution in [-0.4, -0.2) is 49.1 Å². The molecule has 20 heavy (non-hydrogen) atoms. The molecule has 4 heteroatoms. The molecule has 2 unspecified atom stereocenters. The Bertz CT molecular complexity index is 398. The average molecular weight is 295 g/mol. The summed E-state index contributed by atoms with van der Waals surface area (Å²) in [6.45, 7) is 9.19. The number of hydrogen-bond donors (Lipinski definition) is 1. The number of thiophene rings is 1. The van der Waals surface area contributed by atoms with E-state index in [4.69, 9.17) is 5.73 Å². The van der Waals surface area contributed by atoms with Gasteiger partial charge in [0.15, 0.2) is 0 Å². The third kappa shape index (κ3) is 4.04. The van der Waals surface area contributed by atoms with Crippen molar-refractivity contribution in [3.63, 3.8) is 0 Å². The van der Waals surface area contributed by atoms with Crippen molar-refractivity contribution in [3.8, 4) is 0 Å². The van der Waals surface area contributed by atoms with Gasteiger partial charge in [-0.1, -0.05) is 6.92 Å². The Hall–Kier alpha value is -0.420. The van der Waals surface area contributed by atoms with Gasteiger partial charge in [0.25, 0.3) is 0 Å². The fourth-order valence-corrected chi connectivity index (χ4v) is 4.15. The molecule has 2 N–H and O–H groups in total. The van der Waals surface area contributed by atoms with Gasteiger partial charge in [-0.15, -0.1) is 11.3 Å². The maximum absolute atomic E-state index is 6.39. The standard InChI is InChI=1S/C16H29N3S/c1-4-14(17)16(15-8-7-13(2)20-15)18(3)11-12-19-9-5-6-10-19/h7-8,14,16H,4-6,9-12,17H2,1-3H3. The summed E-state index contributed by atoms with van der Waals surface area (Å²) in [6, 6.07) is 5.05. The van der Waals surface area contributed by atoms with Gasteiger partial charge in [-0.25, -0.2) is 0 Å². The molecular weight excluding hydrogens is 266 g/mol. The van der Waals surface area contributed by atoms with Crippen LogP contribution in [0.5, 0.6) is 0 Å². The van der Waals surface area contributed by atoms with Gasteiger partial charge < -0.3 is 10.6 Å². The topological polar surface area (TPSA) is 32.5 Å². The summed E-state index contributed by atoms with van der Waals surface area (Å²) in [5.41, 5.74) is 6.39. The highest BCUT2D eigenvalue weighted by atomic mass is 32.1. The summed E-state index contributed by atoms with van der Waals surface area (Å²) < 4.78 is 0. The van der Waals surface area contributed by atoms with Crippen LogP contribution < -0.4 is 5.73 Å². The van der Waals surface area contributed by atoms with Crippen LogP contribution in [0, 0.1) is 6.92 Å². The first-order valence-corrected chi connectivity index (χ1v) is 8.68. The van der Waals surface area contributed by atoms with E-state index in [9.17, 15) is 0 Å². The Balaban J connectivity index is 1.98. The van der Waals surface area contributed by atoms with Crippen LogP contribution in [-0.2, 0) is 0 Å². The second kappa shape index (κ2) is 7.55. The number of likely N-dealkylation sites (tertiary alicyclic amines) is 1. The van der Waals surface area contributed by atoms with Crippen molar-refractivity contribution in [1.29, 1.82) is 0 Å². The Morgan fingerprint density at radius 1 is 1.35 bits per heavy atom. The lowest BCUT2D eigenvalue weighted by Gasteiger charge is -2.32. The third-order valence-electron chi connectivity index (χ3n) is 4.37. The van der Waals surface area contributed by atoms with Crippen molar-refractivity contribution >= 4 is 11.3 Å². The molecule has 0 aliphatic carbocycles. The molecule has 0 radical (unpaired) electrons. The second-order valence-corrected chi connectivity index (χ2v) is 7.31. The zero-order valence-corrected chi connectivity index (χ0v) is 14.0. The fourth-order valence-electron chi connectivity index (χ4n) is 3.04. The van der Waals surface area contributed by atoms with Gasteiger partial charge in [0.05, 0.1) is 6.04 Å². The number of rotatable bonds is 7. The molecule has 0 spiro atoms. The first-order valence-electron chi connectivity index (χ1n) is 7.86. The van der Waals surface area contributed by atoms with E-state index in [0.29, 0.717) is 6.04 Å². The summed E-state index contributed by atoms with van der Waals surface area (Å²) in [4.78, 5) is 7.82. The third-order valence-corrected chi connectivity index (χ3v) is 5.44. The van der Waals surface area contributed by atoms with Gasteiger partial charge in [-0.05, 0) is 58.5 Å². The van der Waals surface area contributed by atoms with Crippen molar-refractivity contribution in [2.24, 2.45) is 5.73 Å². The molecule has 1 aliphatic rings. The summed E-state index contributed by atoms with van der Waals surface area (Å²) in [5, 5.41) is 0. The van der Waals surface area contributed by atoms with Crippen molar-refractivity contribution in [2.45, 2.75) is 45.2 Å². The summed E-state index contributed by atoms with van der Waals surface area (Å²) in [5.74, 6) is 0. The Morgan fingerprint density at radius 3 is 2.60 bits per heavy atom. The Kier molecular flexibility index (Phi) is 6.02. The molecule has 1 aromatic rings. The second-order valence-electron chi connectivity index (χ2n) is 5.99.